The first-order chi connectivity index (χ1) is 14.1. The summed E-state index contributed by atoms with van der Waals surface area (Å²) in [6, 6.07) is 17.3. The van der Waals surface area contributed by atoms with Gasteiger partial charge in [-0.05, 0) is 38.1 Å². The topological polar surface area (TPSA) is 78.9 Å². The lowest BCUT2D eigenvalue weighted by atomic mass is 9.96. The minimum Gasteiger partial charge on any atom is -0.465 e. The highest BCUT2D eigenvalue weighted by atomic mass is 16.6. The van der Waals surface area contributed by atoms with E-state index >= 15 is 0 Å². The predicted molar refractivity (Wildman–Crippen MR) is 112 cm³/mol. The molecule has 0 heterocycles. The average Bonchev–Trinajstić information content (AvgIpc) is 2.71. The molecule has 0 saturated heterocycles. The van der Waals surface area contributed by atoms with Crippen LogP contribution in [0.5, 0.6) is 0 Å². The number of ether oxygens (including phenoxy) is 3. The number of hydrogen-bond acceptors (Lipinski definition) is 6. The first-order valence-corrected chi connectivity index (χ1v) is 9.74. The number of benzene rings is 2. The minimum atomic E-state index is -1.02. The smallest absolute Gasteiger partial charge is 0.338 e. The molecule has 2 aromatic carbocycles. The normalized spacial score (nSPS) is 11.5. The highest BCUT2D eigenvalue weighted by Crippen LogP contribution is 2.21. The third-order valence-corrected chi connectivity index (χ3v) is 4.18. The molecule has 2 rings (SSSR count). The molecule has 0 bridgehead atoms. The zero-order valence-electron chi connectivity index (χ0n) is 17.8. The van der Waals surface area contributed by atoms with Gasteiger partial charge in [-0.3, -0.25) is 4.79 Å². The maximum absolute atomic E-state index is 12.3. The molecular formula is C24H28O6. The van der Waals surface area contributed by atoms with Crippen LogP contribution in [0.1, 0.15) is 54.8 Å². The van der Waals surface area contributed by atoms with Crippen molar-refractivity contribution in [2.45, 2.75) is 39.7 Å². The van der Waals surface area contributed by atoms with Crippen molar-refractivity contribution < 1.29 is 28.6 Å². The molecule has 160 valence electrons. The Hall–Kier alpha value is -3.15. The molecule has 0 aliphatic carbocycles. The van der Waals surface area contributed by atoms with Crippen LogP contribution in [0.25, 0.3) is 0 Å². The molecule has 0 unspecified atom stereocenters. The van der Waals surface area contributed by atoms with Gasteiger partial charge < -0.3 is 14.2 Å². The Bertz CT molecular complexity index is 856. The van der Waals surface area contributed by atoms with Crippen LogP contribution in [0.3, 0.4) is 0 Å². The minimum absolute atomic E-state index is 0.0661. The summed E-state index contributed by atoms with van der Waals surface area (Å²) in [6.45, 7) is 7.14. The van der Waals surface area contributed by atoms with Gasteiger partial charge in [0.25, 0.3) is 0 Å². The van der Waals surface area contributed by atoms with E-state index in [0.29, 0.717) is 11.1 Å². The zero-order chi connectivity index (χ0) is 22.2. The fourth-order valence-corrected chi connectivity index (χ4v) is 2.55. The summed E-state index contributed by atoms with van der Waals surface area (Å²) < 4.78 is 16.1. The Morgan fingerprint density at radius 2 is 1.17 bits per heavy atom. The molecule has 6 heteroatoms. The molecule has 0 aliphatic heterocycles. The van der Waals surface area contributed by atoms with Crippen LogP contribution in [0.2, 0.25) is 0 Å². The number of carbonyl (C=O) groups excluding carboxylic acids is 3. The molecule has 0 aromatic heterocycles. The van der Waals surface area contributed by atoms with E-state index in [4.69, 9.17) is 14.2 Å². The van der Waals surface area contributed by atoms with Crippen LogP contribution in [0.15, 0.2) is 60.7 Å². The first kappa shape index (κ1) is 23.1. The van der Waals surface area contributed by atoms with Gasteiger partial charge in [-0.2, -0.15) is 0 Å². The molecule has 0 saturated carbocycles. The van der Waals surface area contributed by atoms with E-state index in [1.54, 1.807) is 68.4 Å². The average molecular weight is 412 g/mol. The van der Waals surface area contributed by atoms with Gasteiger partial charge in [0.2, 0.25) is 0 Å². The van der Waals surface area contributed by atoms with Gasteiger partial charge in [0.05, 0.1) is 30.8 Å². The summed E-state index contributed by atoms with van der Waals surface area (Å²) in [6.07, 6.45) is -0.0918. The molecule has 0 fully saturated rings. The van der Waals surface area contributed by atoms with Crippen LogP contribution >= 0.6 is 0 Å². The molecule has 0 radical (unpaired) electrons. The quantitative estimate of drug-likeness (QED) is 0.448. The van der Waals surface area contributed by atoms with Crippen molar-refractivity contribution in [1.29, 1.82) is 0 Å². The summed E-state index contributed by atoms with van der Waals surface area (Å²) in [5.41, 5.74) is -0.702. The molecule has 30 heavy (non-hydrogen) atoms. The Labute approximate surface area is 177 Å². The summed E-state index contributed by atoms with van der Waals surface area (Å²) >= 11 is 0. The monoisotopic (exact) mass is 412 g/mol. The van der Waals surface area contributed by atoms with Gasteiger partial charge in [-0.1, -0.05) is 50.2 Å². The molecule has 0 aliphatic rings. The molecule has 0 atom stereocenters. The van der Waals surface area contributed by atoms with E-state index in [1.165, 1.54) is 0 Å². The van der Waals surface area contributed by atoms with Crippen molar-refractivity contribution in [3.63, 3.8) is 0 Å². The van der Waals surface area contributed by atoms with Crippen LogP contribution in [0.4, 0.5) is 0 Å². The number of rotatable bonds is 9. The second-order valence-corrected chi connectivity index (χ2v) is 8.46. The van der Waals surface area contributed by atoms with Crippen LogP contribution in [0, 0.1) is 5.41 Å². The standard InChI is InChI=1S/C24H28O6/c1-23(2,17-29-21(26)18-11-7-5-8-12-18)16-28-20(25)15-24(3,4)30-22(27)19-13-9-6-10-14-19/h5-14H,15-17H2,1-4H3. The van der Waals surface area contributed by atoms with Gasteiger partial charge in [0, 0.05) is 5.41 Å². The molecular weight excluding hydrogens is 384 g/mol. The lowest BCUT2D eigenvalue weighted by molar-refractivity contribution is -0.152. The van der Waals surface area contributed by atoms with Crippen molar-refractivity contribution in [2.75, 3.05) is 13.2 Å². The van der Waals surface area contributed by atoms with Gasteiger partial charge in [-0.25, -0.2) is 9.59 Å². The summed E-state index contributed by atoms with van der Waals surface area (Å²) in [4.78, 5) is 36.5. The van der Waals surface area contributed by atoms with Gasteiger partial charge in [0.15, 0.2) is 0 Å². The number of hydrogen-bond donors (Lipinski definition) is 0. The highest BCUT2D eigenvalue weighted by Gasteiger charge is 2.30. The third-order valence-electron chi connectivity index (χ3n) is 4.18. The highest BCUT2D eigenvalue weighted by molar-refractivity contribution is 5.90. The maximum atomic E-state index is 12.3. The van der Waals surface area contributed by atoms with E-state index < -0.39 is 28.9 Å². The SMILES string of the molecule is CC(C)(COC(=O)CC(C)(C)OC(=O)c1ccccc1)COC(=O)c1ccccc1. The lowest BCUT2D eigenvalue weighted by Crippen LogP contribution is -2.34. The molecule has 2 aromatic rings. The van der Waals surface area contributed by atoms with Gasteiger partial charge in [0.1, 0.15) is 5.60 Å². The first-order valence-electron chi connectivity index (χ1n) is 9.74. The molecule has 0 N–H and O–H groups in total. The Morgan fingerprint density at radius 3 is 1.70 bits per heavy atom. The Balaban J connectivity index is 1.79. The van der Waals surface area contributed by atoms with E-state index in [9.17, 15) is 14.4 Å². The van der Waals surface area contributed by atoms with E-state index in [-0.39, 0.29) is 19.6 Å². The van der Waals surface area contributed by atoms with Gasteiger partial charge >= 0.3 is 17.9 Å². The van der Waals surface area contributed by atoms with Crippen LogP contribution < -0.4 is 0 Å². The van der Waals surface area contributed by atoms with Crippen molar-refractivity contribution in [2.24, 2.45) is 5.41 Å². The largest absolute Gasteiger partial charge is 0.465 e. The predicted octanol–water partition coefficient (Wildman–Crippen LogP) is 4.44. The Morgan fingerprint density at radius 1 is 0.700 bits per heavy atom. The van der Waals surface area contributed by atoms with Crippen LogP contribution in [-0.4, -0.2) is 36.7 Å². The maximum Gasteiger partial charge on any atom is 0.338 e. The van der Waals surface area contributed by atoms with Crippen LogP contribution in [-0.2, 0) is 19.0 Å². The number of esters is 3. The fraction of sp³-hybridized carbons (Fsp3) is 0.375. The summed E-state index contributed by atoms with van der Waals surface area (Å²) in [5.74, 6) is -1.42. The molecule has 6 nitrogen and oxygen atoms in total. The fourth-order valence-electron chi connectivity index (χ4n) is 2.55. The van der Waals surface area contributed by atoms with Crippen molar-refractivity contribution in [1.82, 2.24) is 0 Å². The summed E-state index contributed by atoms with van der Waals surface area (Å²) in [7, 11) is 0. The molecule has 0 spiro atoms. The zero-order valence-corrected chi connectivity index (χ0v) is 17.8. The number of carbonyl (C=O) groups is 3. The van der Waals surface area contributed by atoms with E-state index in [0.717, 1.165) is 0 Å². The van der Waals surface area contributed by atoms with Crippen molar-refractivity contribution in [3.8, 4) is 0 Å². The third kappa shape index (κ3) is 7.70. The second kappa shape index (κ2) is 10.1. The van der Waals surface area contributed by atoms with Crippen molar-refractivity contribution >= 4 is 17.9 Å². The summed E-state index contributed by atoms with van der Waals surface area (Å²) in [5, 5.41) is 0. The van der Waals surface area contributed by atoms with E-state index in [2.05, 4.69) is 0 Å². The Kier molecular flexibility index (Phi) is 7.75. The second-order valence-electron chi connectivity index (χ2n) is 8.46. The lowest BCUT2D eigenvalue weighted by Gasteiger charge is -2.27. The molecule has 0 amide bonds. The van der Waals surface area contributed by atoms with Gasteiger partial charge in [-0.15, -0.1) is 0 Å². The van der Waals surface area contributed by atoms with E-state index in [1.807, 2.05) is 19.9 Å². The van der Waals surface area contributed by atoms with Crippen molar-refractivity contribution in [3.05, 3.63) is 71.8 Å².